The van der Waals surface area contributed by atoms with Crippen molar-refractivity contribution < 1.29 is 13.2 Å². The lowest BCUT2D eigenvalue weighted by atomic mass is 10.0. The zero-order chi connectivity index (χ0) is 32.6. The summed E-state index contributed by atoms with van der Waals surface area (Å²) in [5.41, 5.74) is 3.14. The Labute approximate surface area is 270 Å². The van der Waals surface area contributed by atoms with E-state index < -0.39 is 20.0 Å². The van der Waals surface area contributed by atoms with Crippen molar-refractivity contribution in [1.29, 1.82) is 0 Å². The molecule has 6 rings (SSSR count). The van der Waals surface area contributed by atoms with E-state index in [9.17, 15) is 0 Å². The van der Waals surface area contributed by atoms with Gasteiger partial charge in [-0.3, -0.25) is 9.98 Å². The average Bonchev–Trinajstić information content (AvgIpc) is 3.03. The first-order valence-electron chi connectivity index (χ1n) is 15.5. The Morgan fingerprint density at radius 1 is 0.848 bits per heavy atom. The van der Waals surface area contributed by atoms with Crippen molar-refractivity contribution in [1.82, 2.24) is 9.97 Å². The molecule has 0 saturated carbocycles. The highest BCUT2D eigenvalue weighted by Gasteiger charge is 2.52. The van der Waals surface area contributed by atoms with Gasteiger partial charge < -0.3 is 9.33 Å². The molecular weight excluding hydrogens is 595 g/mol. The molecule has 0 aliphatic carbocycles. The third kappa shape index (κ3) is 5.40. The Bertz CT molecular complexity index is 1870. The first-order valence-corrected chi connectivity index (χ1v) is 17.5. The lowest BCUT2D eigenvalue weighted by Gasteiger charge is -2.43. The van der Waals surface area contributed by atoms with Crippen LogP contribution in [0.4, 0.5) is 20.3 Å². The molecule has 234 valence electrons. The van der Waals surface area contributed by atoms with Crippen molar-refractivity contribution >= 4 is 36.4 Å². The molecule has 0 unspecified atom stereocenters. The minimum absolute atomic E-state index is 0.00904. The summed E-state index contributed by atoms with van der Waals surface area (Å²) in [5.74, 6) is -0.405. The molecule has 0 spiro atoms. The van der Waals surface area contributed by atoms with Crippen molar-refractivity contribution in [3.63, 3.8) is 0 Å². The molecule has 1 aliphatic rings. The van der Waals surface area contributed by atoms with Crippen LogP contribution in [0.15, 0.2) is 102 Å². The minimum Gasteiger partial charge on any atom is -0.533 e. The van der Waals surface area contributed by atoms with Gasteiger partial charge >= 0.3 is 8.32 Å². The predicted molar refractivity (Wildman–Crippen MR) is 186 cm³/mol. The van der Waals surface area contributed by atoms with E-state index in [1.165, 1.54) is 12.1 Å². The molecule has 0 radical (unpaired) electrons. The molecule has 0 fully saturated rings. The third-order valence-corrected chi connectivity index (χ3v) is 13.5. The quantitative estimate of drug-likeness (QED) is 0.169. The van der Waals surface area contributed by atoms with E-state index in [1.807, 2.05) is 54.3 Å². The highest BCUT2D eigenvalue weighted by Crippen LogP contribution is 2.43. The van der Waals surface area contributed by atoms with E-state index in [0.717, 1.165) is 27.3 Å². The molecule has 1 aliphatic heterocycles. The normalized spacial score (nSPS) is 13.2. The third-order valence-electron chi connectivity index (χ3n) is 8.56. The molecule has 8 heteroatoms. The van der Waals surface area contributed by atoms with Crippen molar-refractivity contribution in [3.05, 3.63) is 126 Å². The molecular formula is C38H38F2N4OSi. The van der Waals surface area contributed by atoms with Crippen LogP contribution in [0.3, 0.4) is 0 Å². The molecule has 0 amide bonds. The Morgan fingerprint density at radius 2 is 1.50 bits per heavy atom. The van der Waals surface area contributed by atoms with Crippen LogP contribution in [0.25, 0.3) is 11.3 Å². The maximum Gasteiger partial charge on any atom is 0.319 e. The number of aromatic nitrogens is 2. The van der Waals surface area contributed by atoms with Crippen LogP contribution in [0.1, 0.15) is 57.4 Å². The van der Waals surface area contributed by atoms with Crippen LogP contribution in [0, 0.1) is 18.6 Å². The lowest BCUT2D eigenvalue weighted by Crippen LogP contribution is -2.68. The lowest BCUT2D eigenvalue weighted by molar-refractivity contribution is 0.503. The number of fused-ring (bicyclic) bond motifs is 1. The molecule has 3 heterocycles. The fourth-order valence-electron chi connectivity index (χ4n) is 6.42. The highest BCUT2D eigenvalue weighted by molar-refractivity contribution is 7.00. The largest absolute Gasteiger partial charge is 0.533 e. The minimum atomic E-state index is -3.17. The van der Waals surface area contributed by atoms with Gasteiger partial charge in [-0.05, 0) is 58.1 Å². The fourth-order valence-corrected chi connectivity index (χ4v) is 10.9. The molecule has 2 aromatic heterocycles. The Morgan fingerprint density at radius 3 is 2.11 bits per heavy atom. The number of anilines is 2. The van der Waals surface area contributed by atoms with E-state index in [-0.39, 0.29) is 34.6 Å². The summed E-state index contributed by atoms with van der Waals surface area (Å²) in [6.45, 7) is 12.9. The van der Waals surface area contributed by atoms with Crippen LogP contribution in [0.5, 0.6) is 5.75 Å². The molecule has 0 N–H and O–H groups in total. The number of aryl methyl sites for hydroxylation is 1. The van der Waals surface area contributed by atoms with Gasteiger partial charge in [-0.2, -0.15) is 0 Å². The van der Waals surface area contributed by atoms with E-state index in [4.69, 9.17) is 9.41 Å². The first-order chi connectivity index (χ1) is 22.0. The van der Waals surface area contributed by atoms with Crippen LogP contribution in [0.2, 0.25) is 5.04 Å². The molecule has 46 heavy (non-hydrogen) atoms. The van der Waals surface area contributed by atoms with Gasteiger partial charge in [-0.25, -0.2) is 13.8 Å². The fraction of sp³-hybridized carbons (Fsp3) is 0.237. The molecule has 5 nitrogen and oxygen atoms in total. The number of aliphatic imine (C=N–C) groups is 1. The maximum atomic E-state index is 16.2. The number of nitrogens with zero attached hydrogens (tertiary/aromatic N) is 4. The Kier molecular flexibility index (Phi) is 8.33. The van der Waals surface area contributed by atoms with E-state index in [0.29, 0.717) is 11.4 Å². The monoisotopic (exact) mass is 632 g/mol. The summed E-state index contributed by atoms with van der Waals surface area (Å²) in [4.78, 5) is 16.0. The van der Waals surface area contributed by atoms with Gasteiger partial charge in [0.2, 0.25) is 0 Å². The summed E-state index contributed by atoms with van der Waals surface area (Å²) in [7, 11) is -3.17. The van der Waals surface area contributed by atoms with Crippen molar-refractivity contribution in [2.75, 3.05) is 11.6 Å². The van der Waals surface area contributed by atoms with E-state index in [1.54, 1.807) is 24.5 Å². The summed E-state index contributed by atoms with van der Waals surface area (Å²) < 4.78 is 39.6. The maximum absolute atomic E-state index is 16.2. The highest BCUT2D eigenvalue weighted by atomic mass is 28.4. The Balaban J connectivity index is 1.57. The smallest absolute Gasteiger partial charge is 0.319 e. The summed E-state index contributed by atoms with van der Waals surface area (Å²) in [6, 6.07) is 28.2. The van der Waals surface area contributed by atoms with Crippen molar-refractivity contribution in [2.45, 2.75) is 52.5 Å². The second-order valence-corrected chi connectivity index (χ2v) is 17.2. The Hall–Kier alpha value is -4.69. The molecule has 0 bridgehead atoms. The van der Waals surface area contributed by atoms with Gasteiger partial charge in [-0.1, -0.05) is 101 Å². The van der Waals surface area contributed by atoms with Gasteiger partial charge in [0.15, 0.2) is 5.82 Å². The van der Waals surface area contributed by atoms with Crippen molar-refractivity contribution in [3.8, 4) is 17.0 Å². The molecule has 0 atom stereocenters. The van der Waals surface area contributed by atoms with Gasteiger partial charge in [0.05, 0.1) is 16.9 Å². The zero-order valence-electron chi connectivity index (χ0n) is 27.1. The van der Waals surface area contributed by atoms with Gasteiger partial charge in [0.1, 0.15) is 29.7 Å². The number of benzene rings is 3. The molecule has 0 saturated heterocycles. The van der Waals surface area contributed by atoms with Gasteiger partial charge in [0.25, 0.3) is 0 Å². The second kappa shape index (κ2) is 12.2. The van der Waals surface area contributed by atoms with Crippen LogP contribution < -0.4 is 19.7 Å². The second-order valence-electron chi connectivity index (χ2n) is 13.0. The summed E-state index contributed by atoms with van der Waals surface area (Å²) in [5, 5.41) is 1.66. The average molecular weight is 633 g/mol. The van der Waals surface area contributed by atoms with Crippen LogP contribution in [-0.4, -0.2) is 31.2 Å². The standard InChI is InChI=1S/C38H38F2N4OSi/c1-25(2)34-36(26(3)20-21-42-34)44-24-41-23-27-22-31(40)35(43-37(27)44)33-30(39)18-13-19-32(33)45-46(38(4,5)6,28-14-9-7-10-15-28)29-16-11-8-12-17-29/h7-23,25H,24H2,1-6H3. The SMILES string of the molecule is Cc1ccnc(C(C)C)c1N1CN=Cc2cc(F)c(-c3c(F)cccc3O[Si](c3ccccc3)(c3ccccc3)C(C)(C)C)nc21. The number of rotatable bonds is 7. The number of hydrogen-bond acceptors (Lipinski definition) is 5. The van der Waals surface area contributed by atoms with E-state index in [2.05, 4.69) is 68.9 Å². The van der Waals surface area contributed by atoms with Crippen LogP contribution >= 0.6 is 0 Å². The summed E-state index contributed by atoms with van der Waals surface area (Å²) >= 11 is 0. The van der Waals surface area contributed by atoms with Crippen molar-refractivity contribution in [2.24, 2.45) is 4.99 Å². The van der Waals surface area contributed by atoms with Crippen LogP contribution in [-0.2, 0) is 0 Å². The van der Waals surface area contributed by atoms with Gasteiger partial charge in [0, 0.05) is 18.0 Å². The first kappa shape index (κ1) is 31.3. The number of pyridine rings is 2. The summed E-state index contributed by atoms with van der Waals surface area (Å²) in [6.07, 6.45) is 3.41. The topological polar surface area (TPSA) is 50.6 Å². The number of hydrogen-bond donors (Lipinski definition) is 0. The van der Waals surface area contributed by atoms with E-state index >= 15 is 8.78 Å². The molecule has 5 aromatic rings. The zero-order valence-corrected chi connectivity index (χ0v) is 28.1. The molecule has 3 aromatic carbocycles. The predicted octanol–water partition coefficient (Wildman–Crippen LogP) is 8.32. The number of halogens is 2. The van der Waals surface area contributed by atoms with Gasteiger partial charge in [-0.15, -0.1) is 0 Å².